The van der Waals surface area contributed by atoms with Gasteiger partial charge in [-0.15, -0.1) is 0 Å². The van der Waals surface area contributed by atoms with Gasteiger partial charge in [-0.3, -0.25) is 14.4 Å². The molecular weight excluding hydrogens is 588 g/mol. The number of piperidine rings is 1. The zero-order valence-electron chi connectivity index (χ0n) is 28.7. The maximum absolute atomic E-state index is 14.0. The molecule has 0 radical (unpaired) electrons. The van der Waals surface area contributed by atoms with Gasteiger partial charge in [-0.2, -0.15) is 0 Å². The molecule has 2 saturated carbocycles. The summed E-state index contributed by atoms with van der Waals surface area (Å²) in [6, 6.07) is 10.5. The highest BCUT2D eigenvalue weighted by Crippen LogP contribution is 2.49. The topological polar surface area (TPSA) is 110 Å². The van der Waals surface area contributed by atoms with Gasteiger partial charge in [0.2, 0.25) is 5.91 Å². The second kappa shape index (κ2) is 13.6. The molecule has 0 unspecified atom stereocenters. The van der Waals surface area contributed by atoms with Crippen LogP contribution in [0.2, 0.25) is 0 Å². The minimum absolute atomic E-state index is 0.0740. The van der Waals surface area contributed by atoms with E-state index >= 15 is 0 Å². The van der Waals surface area contributed by atoms with Crippen LogP contribution in [0.5, 0.6) is 0 Å². The fraction of sp³-hybridized carbons (Fsp3) is 0.526. The van der Waals surface area contributed by atoms with Gasteiger partial charge >= 0.3 is 0 Å². The Balaban J connectivity index is 1.29. The van der Waals surface area contributed by atoms with Crippen LogP contribution < -0.4 is 21.1 Å². The molecule has 0 bridgehead atoms. The van der Waals surface area contributed by atoms with E-state index in [0.717, 1.165) is 86.2 Å². The average Bonchev–Trinajstić information content (AvgIpc) is 3.73. The van der Waals surface area contributed by atoms with Gasteiger partial charge in [-0.25, -0.2) is 4.98 Å². The summed E-state index contributed by atoms with van der Waals surface area (Å²) < 4.78 is 0. The van der Waals surface area contributed by atoms with Crippen molar-refractivity contribution in [3.05, 3.63) is 74.8 Å². The van der Waals surface area contributed by atoms with Crippen molar-refractivity contribution in [1.82, 2.24) is 20.2 Å². The maximum atomic E-state index is 14.0. The van der Waals surface area contributed by atoms with E-state index in [2.05, 4.69) is 51.6 Å². The highest BCUT2D eigenvalue weighted by molar-refractivity contribution is 6.02. The van der Waals surface area contributed by atoms with Crippen molar-refractivity contribution in [2.24, 2.45) is 11.3 Å². The molecule has 6 rings (SSSR count). The molecule has 0 atom stereocenters. The lowest BCUT2D eigenvalue weighted by atomic mass is 9.79. The van der Waals surface area contributed by atoms with E-state index in [9.17, 15) is 14.4 Å². The van der Waals surface area contributed by atoms with Crippen LogP contribution in [-0.4, -0.2) is 59.9 Å². The fourth-order valence-corrected chi connectivity index (χ4v) is 7.67. The van der Waals surface area contributed by atoms with Crippen molar-refractivity contribution in [3.63, 3.8) is 0 Å². The fourth-order valence-electron chi connectivity index (χ4n) is 7.67. The largest absolute Gasteiger partial charge is 0.357 e. The number of aromatic nitrogens is 2. The molecule has 3 heterocycles. The van der Waals surface area contributed by atoms with E-state index in [0.29, 0.717) is 34.3 Å². The standard InChI is InChI=1S/C38H50N6O3/c1-24-18-25(2)41-36(46)32(24)23-40-35(45)31-19-29(28-10-11-34(39-22-28)44-16-12-30(13-17-44)43(4)5)20-33(26(31)3)42-37(47)38(14-6-7-15-38)21-27-8-9-27/h10-11,18-20,22,27,30H,6-9,12-17,21,23H2,1-5H3,(H,40,45)(H,41,46)(H,42,47). The van der Waals surface area contributed by atoms with Crippen LogP contribution >= 0.6 is 0 Å². The summed E-state index contributed by atoms with van der Waals surface area (Å²) >= 11 is 0. The van der Waals surface area contributed by atoms with Crippen molar-refractivity contribution in [3.8, 4) is 11.1 Å². The van der Waals surface area contributed by atoms with Crippen molar-refractivity contribution >= 4 is 23.3 Å². The lowest BCUT2D eigenvalue weighted by Gasteiger charge is -2.35. The molecule has 2 aromatic heterocycles. The highest BCUT2D eigenvalue weighted by Gasteiger charge is 2.45. The van der Waals surface area contributed by atoms with E-state index in [1.54, 1.807) is 0 Å². The molecular formula is C38H50N6O3. The summed E-state index contributed by atoms with van der Waals surface area (Å²) in [5, 5.41) is 6.28. The van der Waals surface area contributed by atoms with E-state index in [1.807, 2.05) is 45.2 Å². The third kappa shape index (κ3) is 7.30. The van der Waals surface area contributed by atoms with Crippen molar-refractivity contribution in [2.75, 3.05) is 37.4 Å². The number of anilines is 2. The Morgan fingerprint density at radius 2 is 1.72 bits per heavy atom. The summed E-state index contributed by atoms with van der Waals surface area (Å²) in [4.78, 5) is 52.8. The molecule has 47 heavy (non-hydrogen) atoms. The molecule has 3 N–H and O–H groups in total. The molecule has 1 aliphatic heterocycles. The molecule has 1 saturated heterocycles. The molecule has 0 spiro atoms. The Morgan fingerprint density at radius 3 is 2.34 bits per heavy atom. The normalized spacial score (nSPS) is 18.0. The van der Waals surface area contributed by atoms with Gasteiger partial charge in [0.25, 0.3) is 11.5 Å². The Kier molecular flexibility index (Phi) is 9.55. The average molecular weight is 639 g/mol. The third-order valence-electron chi connectivity index (χ3n) is 10.8. The third-order valence-corrected chi connectivity index (χ3v) is 10.8. The summed E-state index contributed by atoms with van der Waals surface area (Å²) in [5.41, 5.74) is 5.14. The van der Waals surface area contributed by atoms with Crippen LogP contribution in [0.15, 0.2) is 41.3 Å². The van der Waals surface area contributed by atoms with Crippen LogP contribution in [0.4, 0.5) is 11.5 Å². The molecule has 3 aromatic rings. The molecule has 2 aliphatic carbocycles. The molecule has 9 nitrogen and oxygen atoms in total. The molecule has 9 heteroatoms. The number of pyridine rings is 2. The monoisotopic (exact) mass is 638 g/mol. The number of amides is 2. The summed E-state index contributed by atoms with van der Waals surface area (Å²) in [6.07, 6.45) is 11.5. The molecule has 3 aliphatic rings. The van der Waals surface area contributed by atoms with Gasteiger partial charge in [0.05, 0.1) is 0 Å². The Morgan fingerprint density at radius 1 is 1.00 bits per heavy atom. The smallest absolute Gasteiger partial charge is 0.253 e. The van der Waals surface area contributed by atoms with Gasteiger partial charge in [-0.05, 0) is 120 Å². The van der Waals surface area contributed by atoms with Crippen LogP contribution in [0.1, 0.15) is 90.5 Å². The number of carbonyl (C=O) groups is 2. The number of aryl methyl sites for hydroxylation is 2. The Labute approximate surface area is 278 Å². The molecule has 250 valence electrons. The van der Waals surface area contributed by atoms with Crippen LogP contribution in [0, 0.1) is 32.1 Å². The van der Waals surface area contributed by atoms with Gasteiger partial charge in [-0.1, -0.05) is 25.7 Å². The molecule has 3 fully saturated rings. The minimum Gasteiger partial charge on any atom is -0.357 e. The predicted molar refractivity (Wildman–Crippen MR) is 188 cm³/mol. The highest BCUT2D eigenvalue weighted by atomic mass is 16.2. The number of H-pyrrole nitrogens is 1. The number of hydrogen-bond donors (Lipinski definition) is 3. The number of aromatic amines is 1. The van der Waals surface area contributed by atoms with Crippen LogP contribution in [0.25, 0.3) is 11.1 Å². The SMILES string of the molecule is Cc1cc(C)c(CNC(=O)c2cc(-c3ccc(N4CCC(N(C)C)CC4)nc3)cc(NC(=O)C3(CC4CC4)CCCC3)c2C)c(=O)[nH]1. The minimum atomic E-state index is -0.334. The number of hydrogen-bond acceptors (Lipinski definition) is 6. The Hall–Kier alpha value is -3.98. The maximum Gasteiger partial charge on any atom is 0.253 e. The predicted octanol–water partition coefficient (Wildman–Crippen LogP) is 6.12. The van der Waals surface area contributed by atoms with E-state index in [4.69, 9.17) is 4.98 Å². The van der Waals surface area contributed by atoms with Crippen molar-refractivity contribution in [2.45, 2.75) is 91.1 Å². The first kappa shape index (κ1) is 32.9. The van der Waals surface area contributed by atoms with Gasteiger partial charge < -0.3 is 25.4 Å². The van der Waals surface area contributed by atoms with E-state index in [-0.39, 0.29) is 29.3 Å². The van der Waals surface area contributed by atoms with Crippen LogP contribution in [-0.2, 0) is 11.3 Å². The first-order chi connectivity index (χ1) is 22.5. The van der Waals surface area contributed by atoms with Crippen molar-refractivity contribution in [1.29, 1.82) is 0 Å². The zero-order chi connectivity index (χ0) is 33.3. The quantitative estimate of drug-likeness (QED) is 0.247. The van der Waals surface area contributed by atoms with E-state index in [1.165, 1.54) is 12.8 Å². The number of nitrogens with one attached hydrogen (secondary N) is 3. The number of rotatable bonds is 10. The van der Waals surface area contributed by atoms with Crippen molar-refractivity contribution < 1.29 is 9.59 Å². The first-order valence-corrected chi connectivity index (χ1v) is 17.3. The van der Waals surface area contributed by atoms with Gasteiger partial charge in [0.1, 0.15) is 5.82 Å². The first-order valence-electron chi connectivity index (χ1n) is 17.3. The zero-order valence-corrected chi connectivity index (χ0v) is 28.7. The van der Waals surface area contributed by atoms with Gasteiger partial charge in [0.15, 0.2) is 0 Å². The van der Waals surface area contributed by atoms with E-state index < -0.39 is 0 Å². The number of benzene rings is 1. The lowest BCUT2D eigenvalue weighted by Crippen LogP contribution is -2.42. The Bertz CT molecular complexity index is 1680. The second-order valence-electron chi connectivity index (χ2n) is 14.5. The lowest BCUT2D eigenvalue weighted by molar-refractivity contribution is -0.126. The summed E-state index contributed by atoms with van der Waals surface area (Å²) in [5.74, 6) is 1.39. The molecule has 2 amide bonds. The molecule has 1 aromatic carbocycles. The summed E-state index contributed by atoms with van der Waals surface area (Å²) in [6.45, 7) is 7.65. The number of nitrogens with zero attached hydrogens (tertiary/aromatic N) is 3. The second-order valence-corrected chi connectivity index (χ2v) is 14.5. The number of carbonyl (C=O) groups excluding carboxylic acids is 2. The van der Waals surface area contributed by atoms with Gasteiger partial charge in [0, 0.05) is 65.4 Å². The van der Waals surface area contributed by atoms with Crippen LogP contribution in [0.3, 0.4) is 0 Å². The summed E-state index contributed by atoms with van der Waals surface area (Å²) in [7, 11) is 4.29.